The normalized spacial score (nSPS) is 12.1. The smallest absolute Gasteiger partial charge is 0.0206 e. The molecule has 0 radical (unpaired) electrons. The van der Waals surface area contributed by atoms with Crippen LogP contribution >= 0.6 is 0 Å². The summed E-state index contributed by atoms with van der Waals surface area (Å²) in [5.41, 5.74) is 0.458. The molecule has 0 saturated heterocycles. The van der Waals surface area contributed by atoms with E-state index < -0.39 is 0 Å². The Morgan fingerprint density at radius 2 is 0.412 bits per heavy atom. The molecule has 0 spiro atoms. The van der Waals surface area contributed by atoms with Crippen molar-refractivity contribution in [3.63, 3.8) is 0 Å². The molecule has 0 rings (SSSR count). The third-order valence-electron chi connectivity index (χ3n) is 12.6. The summed E-state index contributed by atoms with van der Waals surface area (Å²) in [5.74, 6) is 0. The molecular formula is C50H103N. The van der Waals surface area contributed by atoms with Crippen molar-refractivity contribution >= 4 is 0 Å². The Bertz CT molecular complexity index is 552. The van der Waals surface area contributed by atoms with Crippen LogP contribution in [-0.4, -0.2) is 24.0 Å². The molecule has 308 valence electrons. The first-order valence-corrected chi connectivity index (χ1v) is 24.9. The monoisotopic (exact) mass is 718 g/mol. The van der Waals surface area contributed by atoms with E-state index in [0.717, 1.165) is 0 Å². The van der Waals surface area contributed by atoms with Crippen LogP contribution in [0.2, 0.25) is 0 Å². The van der Waals surface area contributed by atoms with Crippen molar-refractivity contribution in [2.24, 2.45) is 0 Å². The van der Waals surface area contributed by atoms with Crippen LogP contribution in [0.4, 0.5) is 0 Å². The van der Waals surface area contributed by atoms with Gasteiger partial charge in [0, 0.05) is 5.54 Å². The highest BCUT2D eigenvalue weighted by atomic mass is 15.2. The molecule has 51 heavy (non-hydrogen) atoms. The van der Waals surface area contributed by atoms with Crippen LogP contribution in [0.25, 0.3) is 0 Å². The molecule has 0 aliphatic heterocycles. The average molecular weight is 718 g/mol. The fourth-order valence-electron chi connectivity index (χ4n) is 8.85. The van der Waals surface area contributed by atoms with Gasteiger partial charge in [-0.05, 0) is 39.3 Å². The molecule has 0 heterocycles. The van der Waals surface area contributed by atoms with Gasteiger partial charge in [0.25, 0.3) is 0 Å². The van der Waals surface area contributed by atoms with E-state index in [1.54, 1.807) is 0 Å². The van der Waals surface area contributed by atoms with E-state index in [1.807, 2.05) is 0 Å². The number of unbranched alkanes of at least 4 members (excludes halogenated alkanes) is 36. The van der Waals surface area contributed by atoms with Crippen molar-refractivity contribution in [3.8, 4) is 0 Å². The molecule has 0 bridgehead atoms. The Balaban J connectivity index is 5.04. The molecule has 0 atom stereocenters. The second-order valence-corrected chi connectivity index (χ2v) is 17.6. The predicted octanol–water partition coefficient (Wildman–Crippen LogP) is 18.5. The van der Waals surface area contributed by atoms with Gasteiger partial charge in [-0.25, -0.2) is 0 Å². The van der Waals surface area contributed by atoms with E-state index in [9.17, 15) is 0 Å². The summed E-state index contributed by atoms with van der Waals surface area (Å²) in [4.78, 5) is 2.95. The Kier molecular flexibility index (Phi) is 42.7. The third-order valence-corrected chi connectivity index (χ3v) is 12.6. The maximum Gasteiger partial charge on any atom is 0.0206 e. The minimum atomic E-state index is 0.458. The molecule has 0 aliphatic carbocycles. The van der Waals surface area contributed by atoms with Gasteiger partial charge >= 0.3 is 0 Å². The highest BCUT2D eigenvalue weighted by molar-refractivity contribution is 4.89. The molecule has 1 nitrogen and oxygen atoms in total. The van der Waals surface area contributed by atoms with Gasteiger partial charge in [-0.1, -0.05) is 278 Å². The van der Waals surface area contributed by atoms with Crippen molar-refractivity contribution in [1.29, 1.82) is 0 Å². The summed E-state index contributed by atoms with van der Waals surface area (Å²) in [5, 5.41) is 0. The van der Waals surface area contributed by atoms with E-state index in [-0.39, 0.29) is 0 Å². The van der Waals surface area contributed by atoms with E-state index in [4.69, 9.17) is 0 Å². The summed E-state index contributed by atoms with van der Waals surface area (Å²) >= 11 is 0. The van der Waals surface area contributed by atoms with Crippen molar-refractivity contribution in [2.45, 2.75) is 309 Å². The largest absolute Gasteiger partial charge is 0.301 e. The minimum Gasteiger partial charge on any atom is -0.301 e. The zero-order valence-corrected chi connectivity index (χ0v) is 37.1. The average Bonchev–Trinajstić information content (AvgIpc) is 3.14. The molecule has 0 amide bonds. The van der Waals surface area contributed by atoms with Crippen molar-refractivity contribution in [1.82, 2.24) is 4.90 Å². The molecule has 1 heteroatoms. The summed E-state index contributed by atoms with van der Waals surface area (Å²) in [6.45, 7) is 10.7. The summed E-state index contributed by atoms with van der Waals surface area (Å²) < 4.78 is 0. The zero-order chi connectivity index (χ0) is 37.2. The van der Waals surface area contributed by atoms with Gasteiger partial charge in [-0.15, -0.1) is 0 Å². The first kappa shape index (κ1) is 51.0. The first-order valence-electron chi connectivity index (χ1n) is 24.9. The zero-order valence-electron chi connectivity index (χ0n) is 37.1. The van der Waals surface area contributed by atoms with Crippen molar-refractivity contribution < 1.29 is 0 Å². The van der Waals surface area contributed by atoms with Crippen LogP contribution in [0.5, 0.6) is 0 Å². The molecule has 0 aromatic carbocycles. The van der Waals surface area contributed by atoms with Gasteiger partial charge in [-0.3, -0.25) is 0 Å². The van der Waals surface area contributed by atoms with Gasteiger partial charge in [0.05, 0.1) is 0 Å². The fourth-order valence-corrected chi connectivity index (χ4v) is 8.85. The Hall–Kier alpha value is -0.0400. The standard InChI is InChI=1S/C50H103N/c1-6-10-14-18-22-26-30-34-38-42-46-50(47-43-39-35-31-27-23-19-15-11-7-2,48-44-40-36-32-28-24-20-16-12-8-3)51(5)49-45-41-37-33-29-25-21-17-13-9-4/h6-49H2,1-5H3. The second kappa shape index (κ2) is 42.7. The lowest BCUT2D eigenvalue weighted by atomic mass is 9.80. The van der Waals surface area contributed by atoms with Gasteiger partial charge in [0.2, 0.25) is 0 Å². The number of hydrogen-bond acceptors (Lipinski definition) is 1. The van der Waals surface area contributed by atoms with Crippen LogP contribution in [0.1, 0.15) is 304 Å². The summed E-state index contributed by atoms with van der Waals surface area (Å²) in [7, 11) is 2.57. The molecule has 0 aromatic rings. The van der Waals surface area contributed by atoms with Gasteiger partial charge in [0.15, 0.2) is 0 Å². The van der Waals surface area contributed by atoms with Gasteiger partial charge < -0.3 is 4.90 Å². The molecule has 0 aromatic heterocycles. The maximum atomic E-state index is 2.95. The van der Waals surface area contributed by atoms with Crippen LogP contribution < -0.4 is 0 Å². The topological polar surface area (TPSA) is 3.24 Å². The predicted molar refractivity (Wildman–Crippen MR) is 237 cm³/mol. The molecule has 0 aliphatic rings. The quantitative estimate of drug-likeness (QED) is 0.0567. The fraction of sp³-hybridized carbons (Fsp3) is 1.00. The van der Waals surface area contributed by atoms with Gasteiger partial charge in [0.1, 0.15) is 0 Å². The SMILES string of the molecule is CCCCCCCCCCCCN(C)C(CCCCCCCCCCCC)(CCCCCCCCCCCC)CCCCCCCCCCCC. The van der Waals surface area contributed by atoms with Crippen LogP contribution in [0, 0.1) is 0 Å². The Labute approximate surface area is 326 Å². The summed E-state index contributed by atoms with van der Waals surface area (Å²) in [6, 6.07) is 0. The van der Waals surface area contributed by atoms with Crippen molar-refractivity contribution in [2.75, 3.05) is 13.6 Å². The lowest BCUT2D eigenvalue weighted by molar-refractivity contribution is 0.0761. The third kappa shape index (κ3) is 35.4. The number of nitrogens with zero attached hydrogens (tertiary/aromatic N) is 1. The molecular weight excluding hydrogens is 615 g/mol. The molecule has 0 saturated carbocycles. The Morgan fingerprint density at radius 1 is 0.235 bits per heavy atom. The van der Waals surface area contributed by atoms with E-state index >= 15 is 0 Å². The number of hydrogen-bond donors (Lipinski definition) is 0. The molecule has 0 unspecified atom stereocenters. The summed E-state index contributed by atoms with van der Waals surface area (Å²) in [6.07, 6.45) is 62.6. The first-order chi connectivity index (χ1) is 25.2. The van der Waals surface area contributed by atoms with E-state index in [1.165, 1.54) is 283 Å². The molecule has 0 N–H and O–H groups in total. The lowest BCUT2D eigenvalue weighted by Gasteiger charge is -2.43. The van der Waals surface area contributed by atoms with Crippen LogP contribution in [0.15, 0.2) is 0 Å². The lowest BCUT2D eigenvalue weighted by Crippen LogP contribution is -2.47. The molecule has 0 fully saturated rings. The maximum absolute atomic E-state index is 2.95. The Morgan fingerprint density at radius 3 is 0.627 bits per heavy atom. The van der Waals surface area contributed by atoms with E-state index in [2.05, 4.69) is 39.6 Å². The highest BCUT2D eigenvalue weighted by Crippen LogP contribution is 2.35. The van der Waals surface area contributed by atoms with Crippen LogP contribution in [0.3, 0.4) is 0 Å². The van der Waals surface area contributed by atoms with E-state index in [0.29, 0.717) is 5.54 Å². The second-order valence-electron chi connectivity index (χ2n) is 17.6. The van der Waals surface area contributed by atoms with Crippen molar-refractivity contribution in [3.05, 3.63) is 0 Å². The minimum absolute atomic E-state index is 0.458. The number of rotatable bonds is 45. The van der Waals surface area contributed by atoms with Gasteiger partial charge in [-0.2, -0.15) is 0 Å². The van der Waals surface area contributed by atoms with Crippen LogP contribution in [-0.2, 0) is 0 Å². The highest BCUT2D eigenvalue weighted by Gasteiger charge is 2.32.